The Morgan fingerprint density at radius 1 is 0.538 bits per heavy atom. The first kappa shape index (κ1) is 66.2. The van der Waals surface area contributed by atoms with Crippen molar-refractivity contribution in [3.63, 3.8) is 0 Å². The van der Waals surface area contributed by atoms with Crippen LogP contribution in [-0.4, -0.2) is 170 Å². The molecule has 4 fully saturated rings. The quantitative estimate of drug-likeness (QED) is 0.132. The molecule has 0 saturated carbocycles. The van der Waals surface area contributed by atoms with Crippen molar-refractivity contribution in [2.75, 3.05) is 134 Å². The molecular formula is C70H74Cl2N14O7. The third-order valence-corrected chi connectivity index (χ3v) is 18.4. The lowest BCUT2D eigenvalue weighted by Crippen LogP contribution is -2.52. The summed E-state index contributed by atoms with van der Waals surface area (Å²) in [5.41, 5.74) is 5.07. The highest BCUT2D eigenvalue weighted by Gasteiger charge is 2.32. The normalized spacial score (nSPS) is 15.2. The van der Waals surface area contributed by atoms with Crippen molar-refractivity contribution in [3.05, 3.63) is 184 Å². The van der Waals surface area contributed by atoms with Crippen LogP contribution in [0, 0.1) is 39.9 Å². The van der Waals surface area contributed by atoms with Gasteiger partial charge in [-0.05, 0) is 132 Å². The van der Waals surface area contributed by atoms with Gasteiger partial charge in [0.1, 0.15) is 40.6 Å². The number of anilines is 3. The van der Waals surface area contributed by atoms with Crippen LogP contribution in [0.4, 0.5) is 17.1 Å². The number of hydrogen-bond acceptors (Lipinski definition) is 15. The molecule has 23 heteroatoms. The van der Waals surface area contributed by atoms with E-state index in [0.717, 1.165) is 66.1 Å². The molecule has 1 N–H and O–H groups in total. The van der Waals surface area contributed by atoms with E-state index in [1.54, 1.807) is 102 Å². The molecule has 0 aliphatic carbocycles. The van der Waals surface area contributed by atoms with Crippen molar-refractivity contribution in [2.24, 2.45) is 20.0 Å². The molecule has 4 aliphatic rings. The standard InChI is InChI=1S/C26H28ClN5O2.C23H21ClN4O3.C21H25N5O2/c1-29(2)12-5-13-32-23-7-4-3-6-21(23)24(22(18-28)26(32)34)30-14-16-31(17-15-30)25(33)19-8-10-20(27)11-9-19;1-26-20-8-5-16(24)13-18(20)21(19(14-25)23(26)30)27-9-11-28(12-10-27)22(29)15-3-6-17(31-2)7-4-15;1-24-18-5-3-2-4-16(18)19(17(14-22)21(24)28)25-10-12-26(13-11-25)20(27)15-6-8-23-9-7-15/h3-4,6-11H,5,12-17H2,1-2H3;3-8,13H,9-12H2,1-2H3;2-5,15,23H,6-13H2,1H3. The first-order chi connectivity index (χ1) is 45.0. The van der Waals surface area contributed by atoms with Crippen LogP contribution in [0.2, 0.25) is 10.0 Å². The molecule has 3 aromatic heterocycles. The highest BCUT2D eigenvalue weighted by molar-refractivity contribution is 6.31. The number of piperazine rings is 3. The van der Waals surface area contributed by atoms with Crippen LogP contribution in [0.1, 0.15) is 56.7 Å². The van der Waals surface area contributed by atoms with E-state index in [-0.39, 0.29) is 57.0 Å². The van der Waals surface area contributed by atoms with E-state index in [9.17, 15) is 44.6 Å². The van der Waals surface area contributed by atoms with Crippen LogP contribution in [0.3, 0.4) is 0 Å². The van der Waals surface area contributed by atoms with Crippen LogP contribution in [0.15, 0.2) is 130 Å². The van der Waals surface area contributed by atoms with Gasteiger partial charge in [0.15, 0.2) is 0 Å². The van der Waals surface area contributed by atoms with Gasteiger partial charge in [-0.2, -0.15) is 15.8 Å². The number of nitrogens with zero attached hydrogens (tertiary/aromatic N) is 13. The van der Waals surface area contributed by atoms with Gasteiger partial charge in [0.2, 0.25) is 5.91 Å². The second-order valence-corrected chi connectivity index (χ2v) is 24.5. The van der Waals surface area contributed by atoms with Crippen LogP contribution >= 0.6 is 23.2 Å². The number of rotatable bonds is 11. The predicted octanol–water partition coefficient (Wildman–Crippen LogP) is 7.53. The molecular weight excluding hydrogens is 1220 g/mol. The number of benzene rings is 5. The molecule has 480 valence electrons. The van der Waals surface area contributed by atoms with Crippen LogP contribution in [-0.2, 0) is 25.4 Å². The summed E-state index contributed by atoms with van der Waals surface area (Å²) in [7, 11) is 8.93. The third kappa shape index (κ3) is 14.2. The van der Waals surface area contributed by atoms with Crippen molar-refractivity contribution < 1.29 is 19.1 Å². The summed E-state index contributed by atoms with van der Waals surface area (Å²) in [5, 5.41) is 36.3. The zero-order valence-electron chi connectivity index (χ0n) is 52.9. The number of carbonyl (C=O) groups is 3. The summed E-state index contributed by atoms with van der Waals surface area (Å²) in [6.07, 6.45) is 2.61. The van der Waals surface area contributed by atoms with Gasteiger partial charge in [-0.1, -0.05) is 59.6 Å². The van der Waals surface area contributed by atoms with Gasteiger partial charge >= 0.3 is 0 Å². The number of piperidine rings is 1. The van der Waals surface area contributed by atoms with Crippen molar-refractivity contribution in [3.8, 4) is 24.0 Å². The highest BCUT2D eigenvalue weighted by atomic mass is 35.5. The molecule has 0 radical (unpaired) electrons. The number of aromatic nitrogens is 3. The average molecular weight is 1290 g/mol. The topological polar surface area (TPSA) is 233 Å². The first-order valence-electron chi connectivity index (χ1n) is 31.1. The fourth-order valence-electron chi connectivity index (χ4n) is 12.9. The van der Waals surface area contributed by atoms with E-state index in [1.807, 2.05) is 72.4 Å². The first-order valence-corrected chi connectivity index (χ1v) is 31.9. The van der Waals surface area contributed by atoms with Crippen LogP contribution in [0.5, 0.6) is 5.75 Å². The Labute approximate surface area is 549 Å². The molecule has 7 heterocycles. The Kier molecular flexibility index (Phi) is 21.2. The lowest BCUT2D eigenvalue weighted by molar-refractivity contribution is -0.136. The minimum atomic E-state index is -0.343. The Hall–Kier alpha value is -9.69. The van der Waals surface area contributed by atoms with Crippen molar-refractivity contribution >= 4 is 90.7 Å². The second-order valence-electron chi connectivity index (χ2n) is 23.7. The van der Waals surface area contributed by atoms with Crippen molar-refractivity contribution in [1.82, 2.24) is 38.6 Å². The van der Waals surface area contributed by atoms with Gasteiger partial charge in [0.05, 0.1) is 40.7 Å². The number of hydrogen-bond donors (Lipinski definition) is 1. The number of halogens is 2. The summed E-state index contributed by atoms with van der Waals surface area (Å²) in [6.45, 7) is 9.78. The number of carbonyl (C=O) groups excluding carboxylic acids is 3. The lowest BCUT2D eigenvalue weighted by Gasteiger charge is -2.39. The van der Waals surface area contributed by atoms with E-state index in [1.165, 1.54) is 9.13 Å². The minimum Gasteiger partial charge on any atom is -0.497 e. The summed E-state index contributed by atoms with van der Waals surface area (Å²) in [4.78, 5) is 91.2. The Balaban J connectivity index is 0.000000153. The van der Waals surface area contributed by atoms with Crippen molar-refractivity contribution in [1.29, 1.82) is 15.8 Å². The number of pyridine rings is 3. The summed E-state index contributed by atoms with van der Waals surface area (Å²) in [6, 6.07) is 41.0. The fourth-order valence-corrected chi connectivity index (χ4v) is 13.2. The van der Waals surface area contributed by atoms with E-state index in [0.29, 0.717) is 135 Å². The van der Waals surface area contributed by atoms with Gasteiger partial charge in [-0.25, -0.2) is 0 Å². The maximum absolute atomic E-state index is 13.4. The average Bonchev–Trinajstić information content (AvgIpc) is 0.783. The van der Waals surface area contributed by atoms with Crippen molar-refractivity contribution in [2.45, 2.75) is 25.8 Å². The Bertz CT molecular complexity index is 4420. The predicted molar refractivity (Wildman–Crippen MR) is 364 cm³/mol. The zero-order valence-corrected chi connectivity index (χ0v) is 54.4. The summed E-state index contributed by atoms with van der Waals surface area (Å²) >= 11 is 12.2. The van der Waals surface area contributed by atoms with Crippen LogP contribution < -0.4 is 41.4 Å². The molecule has 8 aromatic rings. The molecule has 4 saturated heterocycles. The van der Waals surface area contributed by atoms with Gasteiger partial charge in [-0.15, -0.1) is 0 Å². The fraction of sp³-hybridized carbons (Fsp3) is 0.357. The molecule has 4 aliphatic heterocycles. The summed E-state index contributed by atoms with van der Waals surface area (Å²) < 4.78 is 9.88. The monoisotopic (exact) mass is 1290 g/mol. The number of methoxy groups -OCH3 is 1. The molecule has 5 aromatic carbocycles. The zero-order chi connectivity index (χ0) is 66.0. The number of nitrogens with one attached hydrogen (secondary N) is 1. The second kappa shape index (κ2) is 29.7. The number of nitriles is 3. The maximum atomic E-state index is 13.4. The largest absolute Gasteiger partial charge is 0.497 e. The minimum absolute atomic E-state index is 0.0435. The van der Waals surface area contributed by atoms with E-state index < -0.39 is 0 Å². The van der Waals surface area contributed by atoms with Gasteiger partial charge in [0.25, 0.3) is 28.5 Å². The number of aryl methyl sites for hydroxylation is 3. The molecule has 0 atom stereocenters. The lowest BCUT2D eigenvalue weighted by atomic mass is 9.96. The molecule has 0 unspecified atom stereocenters. The number of para-hydroxylation sites is 2. The number of fused-ring (bicyclic) bond motifs is 3. The molecule has 12 rings (SSSR count). The van der Waals surface area contributed by atoms with Gasteiger partial charge in [0, 0.05) is 142 Å². The van der Waals surface area contributed by atoms with Gasteiger partial charge < -0.3 is 58.1 Å². The Morgan fingerprint density at radius 2 is 0.957 bits per heavy atom. The van der Waals surface area contributed by atoms with E-state index >= 15 is 0 Å². The third-order valence-electron chi connectivity index (χ3n) is 17.9. The highest BCUT2D eigenvalue weighted by Crippen LogP contribution is 2.34. The molecule has 21 nitrogen and oxygen atoms in total. The van der Waals surface area contributed by atoms with E-state index in [4.69, 9.17) is 27.9 Å². The number of amides is 3. The summed E-state index contributed by atoms with van der Waals surface area (Å²) in [5.74, 6) is 0.960. The maximum Gasteiger partial charge on any atom is 0.271 e. The Morgan fingerprint density at radius 3 is 1.44 bits per heavy atom. The molecule has 93 heavy (non-hydrogen) atoms. The van der Waals surface area contributed by atoms with Gasteiger partial charge in [-0.3, -0.25) is 28.8 Å². The molecule has 3 amide bonds. The number of ether oxygens (including phenoxy) is 1. The molecule has 0 bridgehead atoms. The smallest absolute Gasteiger partial charge is 0.271 e. The molecule has 0 spiro atoms. The van der Waals surface area contributed by atoms with E-state index in [2.05, 4.69) is 38.2 Å². The van der Waals surface area contributed by atoms with Crippen LogP contribution in [0.25, 0.3) is 32.7 Å². The SMILES string of the molecule is CN(C)CCCn1c(=O)c(C#N)c(N2CCN(C(=O)c3ccc(Cl)cc3)CC2)c2ccccc21.COc1ccc(C(=O)N2CCN(c3c(C#N)c(=O)n(C)c4ccc(Cl)cc34)CC2)cc1.Cn1c(=O)c(C#N)c(N2CCN(C(=O)C3CCNCC3)CC2)c2ccccc21.